The van der Waals surface area contributed by atoms with Gasteiger partial charge in [0.1, 0.15) is 23.9 Å². The van der Waals surface area contributed by atoms with Gasteiger partial charge in [0.2, 0.25) is 0 Å². The average molecular weight is 472 g/mol. The second-order valence-corrected chi connectivity index (χ2v) is 8.48. The highest BCUT2D eigenvalue weighted by atomic mass is 16.5. The molecule has 1 aromatic heterocycles. The van der Waals surface area contributed by atoms with E-state index in [1.54, 1.807) is 55.9 Å². The molecule has 5 rings (SSSR count). The Bertz CT molecular complexity index is 1320. The summed E-state index contributed by atoms with van der Waals surface area (Å²) < 4.78 is 11.2. The van der Waals surface area contributed by atoms with Crippen molar-refractivity contribution in [3.05, 3.63) is 89.3 Å². The van der Waals surface area contributed by atoms with Gasteiger partial charge < -0.3 is 24.4 Å². The molecule has 1 unspecified atom stereocenters. The monoisotopic (exact) mass is 471 g/mol. The molecule has 1 N–H and O–H groups in total. The number of nitrogens with zero attached hydrogens (tertiary/aromatic N) is 3. The molecule has 1 fully saturated rings. The number of hydrogen-bond acceptors (Lipinski definition) is 7. The number of aliphatic hydroxyl groups is 1. The van der Waals surface area contributed by atoms with Crippen molar-refractivity contribution in [2.75, 3.05) is 32.2 Å². The molecule has 0 aliphatic carbocycles. The third kappa shape index (κ3) is 3.97. The number of likely N-dealkylation sites (tertiary alicyclic amines) is 1. The van der Waals surface area contributed by atoms with Crippen LogP contribution in [0.1, 0.15) is 22.7 Å². The van der Waals surface area contributed by atoms with E-state index in [0.29, 0.717) is 35.8 Å². The minimum atomic E-state index is -0.807. The molecule has 2 aliphatic rings. The summed E-state index contributed by atoms with van der Waals surface area (Å²) in [4.78, 5) is 34.2. The second kappa shape index (κ2) is 9.13. The zero-order valence-electron chi connectivity index (χ0n) is 19.5. The molecule has 1 saturated heterocycles. The quantitative estimate of drug-likeness (QED) is 0.346. The zero-order chi connectivity index (χ0) is 24.5. The first kappa shape index (κ1) is 22.5. The molecule has 0 spiro atoms. The molecule has 0 radical (unpaired) electrons. The molecular weight excluding hydrogens is 446 g/mol. The summed E-state index contributed by atoms with van der Waals surface area (Å²) in [6.07, 6.45) is 3.22. The molecule has 0 saturated carbocycles. The number of para-hydroxylation sites is 1. The number of fused-ring (bicyclic) bond motifs is 1. The number of ketones is 1. The van der Waals surface area contributed by atoms with E-state index in [9.17, 15) is 14.7 Å². The van der Waals surface area contributed by atoms with Crippen molar-refractivity contribution in [2.24, 2.45) is 0 Å². The number of Topliss-reactive ketones (excluding diaryl/α,β-unsaturated/α-hetero) is 1. The number of anilines is 1. The molecule has 0 bridgehead atoms. The maximum atomic E-state index is 13.3. The number of rotatable bonds is 5. The van der Waals surface area contributed by atoms with Gasteiger partial charge in [0.15, 0.2) is 0 Å². The molecule has 3 aromatic rings. The van der Waals surface area contributed by atoms with E-state index in [4.69, 9.17) is 9.47 Å². The summed E-state index contributed by atoms with van der Waals surface area (Å²) in [5.74, 6) is -0.354. The van der Waals surface area contributed by atoms with Crippen molar-refractivity contribution in [1.82, 2.24) is 9.88 Å². The van der Waals surface area contributed by atoms with E-state index in [1.165, 1.54) is 4.90 Å². The van der Waals surface area contributed by atoms with Crippen molar-refractivity contribution in [3.8, 4) is 11.5 Å². The van der Waals surface area contributed by atoms with E-state index < -0.39 is 17.7 Å². The topological polar surface area (TPSA) is 92.2 Å². The van der Waals surface area contributed by atoms with Crippen LogP contribution in [0.4, 0.5) is 5.69 Å². The molecule has 1 atom stereocenters. The number of methoxy groups -OCH3 is 1. The lowest BCUT2D eigenvalue weighted by Gasteiger charge is -2.28. The minimum Gasteiger partial charge on any atom is -0.507 e. The number of aliphatic hydroxyl groups excluding tert-OH is 1. The van der Waals surface area contributed by atoms with Crippen molar-refractivity contribution < 1.29 is 24.2 Å². The van der Waals surface area contributed by atoms with Crippen LogP contribution in [0.15, 0.2) is 72.6 Å². The molecule has 35 heavy (non-hydrogen) atoms. The summed E-state index contributed by atoms with van der Waals surface area (Å²) in [6.45, 7) is 1.41. The third-order valence-corrected chi connectivity index (χ3v) is 6.40. The number of ether oxygens (including phenoxy) is 2. The van der Waals surface area contributed by atoms with Gasteiger partial charge >= 0.3 is 0 Å². The third-order valence-electron chi connectivity index (χ3n) is 6.40. The molecule has 1 amide bonds. The molecule has 178 valence electrons. The number of amides is 1. The van der Waals surface area contributed by atoms with Gasteiger partial charge in [0.05, 0.1) is 37.5 Å². The number of carbonyl (C=O) groups excluding carboxylic acids is 2. The smallest absolute Gasteiger partial charge is 0.295 e. The first-order valence-corrected chi connectivity index (χ1v) is 11.3. The van der Waals surface area contributed by atoms with Gasteiger partial charge in [-0.15, -0.1) is 0 Å². The van der Waals surface area contributed by atoms with Crippen molar-refractivity contribution in [2.45, 2.75) is 12.6 Å². The molecule has 2 aromatic carbocycles. The average Bonchev–Trinajstić information content (AvgIpc) is 3.14. The first-order valence-electron chi connectivity index (χ1n) is 11.3. The maximum absolute atomic E-state index is 13.3. The zero-order valence-corrected chi connectivity index (χ0v) is 19.5. The Kier molecular flexibility index (Phi) is 5.86. The van der Waals surface area contributed by atoms with E-state index in [-0.39, 0.29) is 17.9 Å². The van der Waals surface area contributed by atoms with E-state index in [0.717, 1.165) is 11.3 Å². The van der Waals surface area contributed by atoms with Gasteiger partial charge in [-0.05, 0) is 35.9 Å². The lowest BCUT2D eigenvalue weighted by atomic mass is 9.95. The van der Waals surface area contributed by atoms with E-state index >= 15 is 0 Å². The highest BCUT2D eigenvalue weighted by Gasteiger charge is 2.46. The minimum absolute atomic E-state index is 0.0252. The number of pyridine rings is 1. The van der Waals surface area contributed by atoms with Crippen LogP contribution in [0.3, 0.4) is 0 Å². The Hall–Kier alpha value is -4.33. The fraction of sp³-hybridized carbons (Fsp3) is 0.222. The van der Waals surface area contributed by atoms with Crippen molar-refractivity contribution in [3.63, 3.8) is 0 Å². The predicted octanol–water partition coefficient (Wildman–Crippen LogP) is 3.54. The van der Waals surface area contributed by atoms with Gasteiger partial charge in [-0.3, -0.25) is 14.6 Å². The van der Waals surface area contributed by atoms with Crippen LogP contribution in [0.2, 0.25) is 0 Å². The summed E-state index contributed by atoms with van der Waals surface area (Å²) in [6, 6.07) is 15.3. The van der Waals surface area contributed by atoms with Gasteiger partial charge in [0, 0.05) is 30.6 Å². The van der Waals surface area contributed by atoms with Crippen LogP contribution in [0, 0.1) is 0 Å². The van der Waals surface area contributed by atoms with Gasteiger partial charge in [-0.1, -0.05) is 24.3 Å². The van der Waals surface area contributed by atoms with Gasteiger partial charge in [-0.2, -0.15) is 0 Å². The Morgan fingerprint density at radius 2 is 2.00 bits per heavy atom. The van der Waals surface area contributed by atoms with Crippen LogP contribution in [0.5, 0.6) is 11.5 Å². The van der Waals surface area contributed by atoms with Crippen LogP contribution in [-0.2, 0) is 16.1 Å². The Morgan fingerprint density at radius 3 is 2.77 bits per heavy atom. The van der Waals surface area contributed by atoms with Gasteiger partial charge in [-0.25, -0.2) is 0 Å². The molecule has 3 heterocycles. The molecule has 2 aliphatic heterocycles. The fourth-order valence-corrected chi connectivity index (χ4v) is 4.60. The molecule has 8 nitrogen and oxygen atoms in total. The van der Waals surface area contributed by atoms with Crippen LogP contribution < -0.4 is 14.4 Å². The number of hydrogen-bond donors (Lipinski definition) is 1. The lowest BCUT2D eigenvalue weighted by Crippen LogP contribution is -2.29. The number of aromatic nitrogens is 1. The summed E-state index contributed by atoms with van der Waals surface area (Å²) >= 11 is 0. The van der Waals surface area contributed by atoms with Crippen LogP contribution in [-0.4, -0.2) is 54.0 Å². The van der Waals surface area contributed by atoms with Crippen molar-refractivity contribution in [1.29, 1.82) is 0 Å². The number of benzene rings is 2. The predicted molar refractivity (Wildman–Crippen MR) is 130 cm³/mol. The highest BCUT2D eigenvalue weighted by molar-refractivity contribution is 6.46. The molecular formula is C27H25N3O5. The van der Waals surface area contributed by atoms with Gasteiger partial charge in [0.25, 0.3) is 11.7 Å². The Labute approximate surface area is 203 Å². The Balaban J connectivity index is 1.63. The summed E-state index contributed by atoms with van der Waals surface area (Å²) in [7, 11) is 3.50. The fourth-order valence-electron chi connectivity index (χ4n) is 4.60. The second-order valence-electron chi connectivity index (χ2n) is 8.48. The maximum Gasteiger partial charge on any atom is 0.295 e. The van der Waals surface area contributed by atoms with Crippen LogP contribution in [0.25, 0.3) is 5.76 Å². The van der Waals surface area contributed by atoms with Crippen molar-refractivity contribution >= 4 is 23.1 Å². The summed E-state index contributed by atoms with van der Waals surface area (Å²) in [5.41, 5.74) is 2.64. The normalized spacial score (nSPS) is 18.9. The SMILES string of the molecule is COc1ccccc1CN1C(=O)C(=O)/C(=C(\O)c2ccc3c(c2)N(C)CCO3)C1c1cccnc1. The Morgan fingerprint density at radius 1 is 1.17 bits per heavy atom. The number of carbonyl (C=O) groups is 2. The standard InChI is InChI=1S/C27H25N3O5/c1-29-12-13-35-22-10-9-17(14-20(22)29)25(31)23-24(18-7-5-11-28-15-18)30(27(33)26(23)32)16-19-6-3-4-8-21(19)34-2/h3-11,14-15,24,31H,12-13,16H2,1-2H3/b25-23-. The first-order chi connectivity index (χ1) is 17.0. The molecule has 8 heteroatoms. The van der Waals surface area contributed by atoms with Crippen LogP contribution >= 0.6 is 0 Å². The van der Waals surface area contributed by atoms with E-state index in [1.807, 2.05) is 30.1 Å². The summed E-state index contributed by atoms with van der Waals surface area (Å²) in [5, 5.41) is 11.4. The number of likely N-dealkylation sites (N-methyl/N-ethyl adjacent to an activating group) is 1. The highest BCUT2D eigenvalue weighted by Crippen LogP contribution is 2.42. The lowest BCUT2D eigenvalue weighted by molar-refractivity contribution is -0.140. The van der Waals surface area contributed by atoms with E-state index in [2.05, 4.69) is 4.98 Å². The largest absolute Gasteiger partial charge is 0.507 e.